The predicted octanol–water partition coefficient (Wildman–Crippen LogP) is 3.69. The first-order chi connectivity index (χ1) is 7.90. The molecule has 1 heterocycles. The highest BCUT2D eigenvalue weighted by molar-refractivity contribution is 5.97. The van der Waals surface area contributed by atoms with E-state index >= 15 is 0 Å². The van der Waals surface area contributed by atoms with Crippen molar-refractivity contribution in [2.75, 3.05) is 0 Å². The molecule has 2 nitrogen and oxygen atoms in total. The molecule has 18 heavy (non-hydrogen) atoms. The van der Waals surface area contributed by atoms with Gasteiger partial charge in [0.2, 0.25) is 0 Å². The lowest BCUT2D eigenvalue weighted by molar-refractivity contribution is 1.10. The summed E-state index contributed by atoms with van der Waals surface area (Å²) < 4.78 is 0. The van der Waals surface area contributed by atoms with Gasteiger partial charge in [-0.15, -0.1) is 24.8 Å². The Bertz CT molecular complexity index is 614. The van der Waals surface area contributed by atoms with Gasteiger partial charge in [0.15, 0.2) is 0 Å². The first kappa shape index (κ1) is 14.7. The Balaban J connectivity index is 0.000000810. The van der Waals surface area contributed by atoms with Gasteiger partial charge in [-0.25, -0.2) is 4.98 Å². The smallest absolute Gasteiger partial charge is 0.0713 e. The monoisotopic (exact) mass is 280 g/mol. The number of hydrogen-bond acceptors (Lipinski definition) is 2. The summed E-state index contributed by atoms with van der Waals surface area (Å²) in [5, 5.41) is 2.31. The summed E-state index contributed by atoms with van der Waals surface area (Å²) in [6, 6.07) is 16.3. The summed E-state index contributed by atoms with van der Waals surface area (Å²) in [6.45, 7) is 0.545. The molecule has 0 saturated heterocycles. The molecule has 0 atom stereocenters. The van der Waals surface area contributed by atoms with E-state index in [9.17, 15) is 0 Å². The second-order valence-corrected chi connectivity index (χ2v) is 3.83. The number of nitrogens with two attached hydrogens (primary N) is 1. The highest BCUT2D eigenvalue weighted by Gasteiger charge is 2.05. The van der Waals surface area contributed by atoms with Crippen molar-refractivity contribution in [3.05, 3.63) is 54.1 Å². The molecule has 3 rings (SSSR count). The number of halogens is 2. The highest BCUT2D eigenvalue weighted by Crippen LogP contribution is 2.25. The Kier molecular flexibility index (Phi) is 4.91. The van der Waals surface area contributed by atoms with Crippen molar-refractivity contribution in [1.29, 1.82) is 0 Å². The van der Waals surface area contributed by atoms with Crippen LogP contribution >= 0.6 is 24.8 Å². The van der Waals surface area contributed by atoms with Gasteiger partial charge in [0.05, 0.1) is 11.0 Å². The molecule has 0 amide bonds. The molecule has 94 valence electrons. The number of fused-ring (bicyclic) bond motifs is 2. The van der Waals surface area contributed by atoms with Crippen molar-refractivity contribution in [2.24, 2.45) is 5.73 Å². The summed E-state index contributed by atoms with van der Waals surface area (Å²) in [6.07, 6.45) is 0. The third-order valence-electron chi connectivity index (χ3n) is 2.90. The lowest BCUT2D eigenvalue weighted by atomic mass is 10.0. The maximum Gasteiger partial charge on any atom is 0.0713 e. The van der Waals surface area contributed by atoms with Crippen LogP contribution < -0.4 is 5.73 Å². The minimum Gasteiger partial charge on any atom is -0.326 e. The van der Waals surface area contributed by atoms with Gasteiger partial charge in [-0.3, -0.25) is 0 Å². The van der Waals surface area contributed by atoms with Crippen molar-refractivity contribution in [3.63, 3.8) is 0 Å². The number of pyridine rings is 1. The van der Waals surface area contributed by atoms with Gasteiger partial charge in [0, 0.05) is 17.3 Å². The summed E-state index contributed by atoms with van der Waals surface area (Å²) in [5.74, 6) is 0. The molecule has 0 aliphatic heterocycles. The lowest BCUT2D eigenvalue weighted by Crippen LogP contribution is -1.99. The van der Waals surface area contributed by atoms with Crippen LogP contribution in [0, 0.1) is 0 Å². The summed E-state index contributed by atoms with van der Waals surface area (Å²) in [7, 11) is 0. The van der Waals surface area contributed by atoms with Crippen LogP contribution in [0.3, 0.4) is 0 Å². The maximum absolute atomic E-state index is 5.85. The van der Waals surface area contributed by atoms with Crippen LogP contribution in [0.15, 0.2) is 48.5 Å². The highest BCUT2D eigenvalue weighted by atomic mass is 35.5. The molecule has 0 fully saturated rings. The van der Waals surface area contributed by atoms with Crippen LogP contribution in [-0.4, -0.2) is 4.98 Å². The fourth-order valence-corrected chi connectivity index (χ4v) is 2.15. The fraction of sp³-hybridized carbons (Fsp3) is 0.0714. The van der Waals surface area contributed by atoms with E-state index in [1.54, 1.807) is 0 Å². The van der Waals surface area contributed by atoms with Crippen LogP contribution in [0.25, 0.3) is 21.8 Å². The van der Waals surface area contributed by atoms with E-state index in [0.29, 0.717) is 6.54 Å². The molecule has 4 heteroatoms. The molecule has 0 aliphatic carbocycles. The van der Waals surface area contributed by atoms with Crippen molar-refractivity contribution in [2.45, 2.75) is 6.54 Å². The van der Waals surface area contributed by atoms with Crippen LogP contribution in [-0.2, 0) is 6.54 Å². The number of aromatic nitrogens is 1. The number of para-hydroxylation sites is 2. The number of nitrogens with zero attached hydrogens (tertiary/aromatic N) is 1. The lowest BCUT2D eigenvalue weighted by Gasteiger charge is -2.08. The van der Waals surface area contributed by atoms with E-state index in [4.69, 9.17) is 5.73 Å². The van der Waals surface area contributed by atoms with Crippen LogP contribution in [0.5, 0.6) is 0 Å². The van der Waals surface area contributed by atoms with Crippen molar-refractivity contribution < 1.29 is 0 Å². The summed E-state index contributed by atoms with van der Waals surface area (Å²) in [4.78, 5) is 4.63. The quantitative estimate of drug-likeness (QED) is 0.691. The van der Waals surface area contributed by atoms with Gasteiger partial charge in [-0.1, -0.05) is 36.4 Å². The normalized spacial score (nSPS) is 9.83. The Hall–Kier alpha value is -1.35. The Morgan fingerprint density at radius 3 is 1.67 bits per heavy atom. The Morgan fingerprint density at radius 1 is 0.778 bits per heavy atom. The molecule has 1 aromatic heterocycles. The van der Waals surface area contributed by atoms with E-state index in [0.717, 1.165) is 21.8 Å². The minimum absolute atomic E-state index is 0. The van der Waals surface area contributed by atoms with Crippen molar-refractivity contribution in [1.82, 2.24) is 4.98 Å². The van der Waals surface area contributed by atoms with Gasteiger partial charge < -0.3 is 5.73 Å². The number of benzene rings is 2. The summed E-state index contributed by atoms with van der Waals surface area (Å²) >= 11 is 0. The molecule has 2 aromatic carbocycles. The van der Waals surface area contributed by atoms with E-state index < -0.39 is 0 Å². The zero-order chi connectivity index (χ0) is 11.0. The van der Waals surface area contributed by atoms with Crippen molar-refractivity contribution in [3.8, 4) is 0 Å². The van der Waals surface area contributed by atoms with E-state index in [2.05, 4.69) is 17.1 Å². The molecule has 0 aliphatic rings. The second kappa shape index (κ2) is 6.01. The molecule has 0 radical (unpaired) electrons. The average molecular weight is 281 g/mol. The molecule has 0 bridgehead atoms. The Morgan fingerprint density at radius 2 is 1.22 bits per heavy atom. The standard InChI is InChI=1S/C14H12N2.2ClH/c15-9-12-10-5-1-3-7-13(10)16-14-8-4-2-6-11(12)14;;/h1-8H,9,15H2;2*1H. The topological polar surface area (TPSA) is 38.9 Å². The molecule has 0 spiro atoms. The van der Waals surface area contributed by atoms with Crippen LogP contribution in [0.4, 0.5) is 0 Å². The minimum atomic E-state index is 0. The zero-order valence-corrected chi connectivity index (χ0v) is 11.3. The molecular weight excluding hydrogens is 267 g/mol. The van der Waals surface area contributed by atoms with E-state index in [-0.39, 0.29) is 24.8 Å². The second-order valence-electron chi connectivity index (χ2n) is 3.83. The van der Waals surface area contributed by atoms with Gasteiger partial charge in [-0.05, 0) is 17.7 Å². The average Bonchev–Trinajstić information content (AvgIpc) is 2.36. The zero-order valence-electron chi connectivity index (χ0n) is 9.67. The Labute approximate surface area is 118 Å². The SMILES string of the molecule is Cl.Cl.NCc1c2ccccc2nc2ccccc12. The first-order valence-corrected chi connectivity index (χ1v) is 5.36. The third kappa shape index (κ3) is 2.27. The molecule has 2 N–H and O–H groups in total. The van der Waals surface area contributed by atoms with Crippen LogP contribution in [0.1, 0.15) is 5.56 Å². The molecule has 0 saturated carbocycles. The number of hydrogen-bond donors (Lipinski definition) is 1. The fourth-order valence-electron chi connectivity index (χ4n) is 2.15. The summed E-state index contributed by atoms with van der Waals surface area (Å²) in [5.41, 5.74) is 9.07. The van der Waals surface area contributed by atoms with E-state index in [1.165, 1.54) is 5.56 Å². The third-order valence-corrected chi connectivity index (χ3v) is 2.90. The van der Waals surface area contributed by atoms with Gasteiger partial charge in [0.1, 0.15) is 0 Å². The first-order valence-electron chi connectivity index (χ1n) is 5.36. The van der Waals surface area contributed by atoms with Gasteiger partial charge in [-0.2, -0.15) is 0 Å². The largest absolute Gasteiger partial charge is 0.326 e. The van der Waals surface area contributed by atoms with Crippen LogP contribution in [0.2, 0.25) is 0 Å². The molecular formula is C14H14Cl2N2. The predicted molar refractivity (Wildman–Crippen MR) is 81.6 cm³/mol. The maximum atomic E-state index is 5.85. The van der Waals surface area contributed by atoms with Gasteiger partial charge >= 0.3 is 0 Å². The van der Waals surface area contributed by atoms with E-state index in [1.807, 2.05) is 36.4 Å². The molecule has 0 unspecified atom stereocenters. The number of rotatable bonds is 1. The molecule has 3 aromatic rings. The van der Waals surface area contributed by atoms with Crippen molar-refractivity contribution >= 4 is 46.6 Å². The van der Waals surface area contributed by atoms with Gasteiger partial charge in [0.25, 0.3) is 0 Å².